The third kappa shape index (κ3) is 4.83. The molecule has 0 unspecified atom stereocenters. The number of alkyl halides is 14. The van der Waals surface area contributed by atoms with Crippen molar-refractivity contribution >= 4 is 11.4 Å². The van der Waals surface area contributed by atoms with Crippen molar-refractivity contribution in [1.29, 1.82) is 0 Å². The molecule has 0 saturated heterocycles. The summed E-state index contributed by atoms with van der Waals surface area (Å²) < 4.78 is 174. The second-order valence-corrected chi connectivity index (χ2v) is 6.71. The van der Waals surface area contributed by atoms with Gasteiger partial charge in [0.15, 0.2) is 5.69 Å². The Bertz CT molecular complexity index is 1100. The normalized spacial score (nSPS) is 13.9. The van der Waals surface area contributed by atoms with E-state index >= 15 is 0 Å². The van der Waals surface area contributed by atoms with Crippen molar-refractivity contribution in [2.24, 2.45) is 0 Å². The zero-order valence-corrected chi connectivity index (χ0v) is 17.0. The first-order chi connectivity index (χ1) is 15.8. The number of aromatic nitrogens is 4. The van der Waals surface area contributed by atoms with E-state index in [1.54, 1.807) is 5.10 Å². The van der Waals surface area contributed by atoms with E-state index in [9.17, 15) is 71.6 Å². The molecular formula is C14H10F14N6O2. The molecule has 0 fully saturated rings. The van der Waals surface area contributed by atoms with Crippen LogP contribution in [0.1, 0.15) is 22.8 Å². The fourth-order valence-electron chi connectivity index (χ4n) is 2.20. The lowest BCUT2D eigenvalue weighted by Crippen LogP contribution is -2.50. The average molecular weight is 560 g/mol. The van der Waals surface area contributed by atoms with Crippen LogP contribution in [0.5, 0.6) is 0 Å². The highest BCUT2D eigenvalue weighted by atomic mass is 19.4. The number of hydrogen-bond donors (Lipinski definition) is 3. The molecule has 0 amide bonds. The molecular weight excluding hydrogens is 550 g/mol. The Morgan fingerprint density at radius 2 is 1.03 bits per heavy atom. The van der Waals surface area contributed by atoms with E-state index in [4.69, 9.17) is 5.73 Å². The summed E-state index contributed by atoms with van der Waals surface area (Å²) in [5, 5.41) is 19.0. The Kier molecular flexibility index (Phi) is 7.62. The maximum atomic E-state index is 13.2. The minimum atomic E-state index is -6.59. The number of hydrogen-bond acceptors (Lipinski definition) is 5. The summed E-state index contributed by atoms with van der Waals surface area (Å²) >= 11 is 0. The van der Waals surface area contributed by atoms with Crippen molar-refractivity contribution in [1.82, 2.24) is 20.4 Å². The second-order valence-electron chi connectivity index (χ2n) is 6.71. The Hall–Kier alpha value is -3.36. The fourth-order valence-corrected chi connectivity index (χ4v) is 2.20. The van der Waals surface area contributed by atoms with E-state index in [-0.39, 0.29) is 5.69 Å². The van der Waals surface area contributed by atoms with Crippen molar-refractivity contribution in [3.05, 3.63) is 32.9 Å². The summed E-state index contributed by atoms with van der Waals surface area (Å²) in [6.07, 6.45) is -13.0. The average Bonchev–Trinajstić information content (AvgIpc) is 3.23. The first kappa shape index (κ1) is 30.7. The lowest BCUT2D eigenvalue weighted by molar-refractivity contribution is -0.394. The number of anilines is 1. The van der Waals surface area contributed by atoms with Gasteiger partial charge in [-0.15, -0.1) is 0 Å². The molecule has 0 spiro atoms. The number of nitrogens with two attached hydrogens (primary N) is 1. The summed E-state index contributed by atoms with van der Waals surface area (Å²) in [4.78, 5) is 8.89. The largest absolute Gasteiger partial charge is 0.460 e. The van der Waals surface area contributed by atoms with Crippen LogP contribution in [-0.2, 0) is 11.8 Å². The number of aromatic amines is 2. The van der Waals surface area contributed by atoms with Crippen LogP contribution in [0.25, 0.3) is 0 Å². The van der Waals surface area contributed by atoms with Gasteiger partial charge in [-0.2, -0.15) is 71.7 Å². The number of aryl methyl sites for hydroxylation is 2. The van der Waals surface area contributed by atoms with Crippen LogP contribution in [-0.4, -0.2) is 49.5 Å². The van der Waals surface area contributed by atoms with Gasteiger partial charge in [0, 0.05) is 0 Å². The smallest absolute Gasteiger partial charge is 0.396 e. The predicted molar refractivity (Wildman–Crippen MR) is 87.5 cm³/mol. The first-order valence-electron chi connectivity index (χ1n) is 8.42. The highest BCUT2D eigenvalue weighted by Crippen LogP contribution is 2.54. The third-order valence-corrected chi connectivity index (χ3v) is 4.19. The number of nitrogen functional groups attached to an aromatic ring is 1. The van der Waals surface area contributed by atoms with Crippen LogP contribution in [0, 0.1) is 24.0 Å². The molecule has 8 nitrogen and oxygen atoms in total. The van der Waals surface area contributed by atoms with Gasteiger partial charge in [-0.1, -0.05) is 0 Å². The zero-order chi connectivity index (χ0) is 28.9. The summed E-state index contributed by atoms with van der Waals surface area (Å²) in [7, 11) is 0. The van der Waals surface area contributed by atoms with Gasteiger partial charge in [0.05, 0.1) is 16.3 Å². The molecule has 2 aromatic rings. The molecule has 2 aromatic heterocycles. The molecule has 206 valence electrons. The Morgan fingerprint density at radius 3 is 1.33 bits per heavy atom. The molecule has 2 rings (SSSR count). The maximum Gasteiger partial charge on any atom is 0.460 e. The minimum absolute atomic E-state index is 0.224. The number of nitrogens with zero attached hydrogens (tertiary/aromatic N) is 3. The van der Waals surface area contributed by atoms with Crippen LogP contribution in [0.3, 0.4) is 0 Å². The van der Waals surface area contributed by atoms with Crippen molar-refractivity contribution in [3.63, 3.8) is 0 Å². The van der Waals surface area contributed by atoms with Crippen molar-refractivity contribution < 1.29 is 66.4 Å². The summed E-state index contributed by atoms with van der Waals surface area (Å²) in [6, 6.07) is 0. The number of nitro groups is 1. The van der Waals surface area contributed by atoms with Gasteiger partial charge in [-0.3, -0.25) is 20.3 Å². The molecule has 0 atom stereocenters. The summed E-state index contributed by atoms with van der Waals surface area (Å²) in [5.74, 6) is -24.2. The predicted octanol–water partition coefficient (Wildman–Crippen LogP) is 5.51. The highest BCUT2D eigenvalue weighted by Gasteiger charge is 2.76. The van der Waals surface area contributed by atoms with Crippen LogP contribution in [0.15, 0.2) is 0 Å². The van der Waals surface area contributed by atoms with E-state index in [1.807, 2.05) is 5.10 Å². The molecule has 0 aliphatic carbocycles. The molecule has 4 N–H and O–H groups in total. The van der Waals surface area contributed by atoms with E-state index in [0.29, 0.717) is 0 Å². The van der Waals surface area contributed by atoms with E-state index in [0.717, 1.165) is 13.8 Å². The van der Waals surface area contributed by atoms with Gasteiger partial charge in [-0.05, 0) is 13.8 Å². The topological polar surface area (TPSA) is 127 Å². The monoisotopic (exact) mass is 560 g/mol. The number of nitrogens with one attached hydrogen (secondary N) is 2. The minimum Gasteiger partial charge on any atom is -0.396 e. The van der Waals surface area contributed by atoms with Crippen molar-refractivity contribution in [3.8, 4) is 0 Å². The van der Waals surface area contributed by atoms with Gasteiger partial charge >= 0.3 is 41.7 Å². The third-order valence-electron chi connectivity index (χ3n) is 4.19. The maximum absolute atomic E-state index is 13.2. The molecule has 0 radical (unpaired) electrons. The molecule has 0 aliphatic heterocycles. The molecule has 0 aliphatic rings. The Labute approximate surface area is 188 Å². The molecule has 2 heterocycles. The highest BCUT2D eigenvalue weighted by molar-refractivity contribution is 5.49. The Morgan fingerprint density at radius 1 is 0.694 bits per heavy atom. The standard InChI is InChI=1S/C7H4F7N3O2.C7H6F7N3/c1-2-3(17(18)19)4(16-15-2)5(8,9)6(10,11)7(12,13)14;1-2-3(15)4(17-16-2)5(8,9)6(10,11)7(12,13)14/h1H3,(H,15,16);15H2,1H3,(H,16,17). The van der Waals surface area contributed by atoms with Crippen LogP contribution >= 0.6 is 0 Å². The van der Waals surface area contributed by atoms with Crippen molar-refractivity contribution in [2.45, 2.75) is 49.9 Å². The van der Waals surface area contributed by atoms with E-state index in [1.165, 1.54) is 0 Å². The molecule has 36 heavy (non-hydrogen) atoms. The lowest BCUT2D eigenvalue weighted by atomic mass is 10.1. The van der Waals surface area contributed by atoms with E-state index in [2.05, 4.69) is 10.2 Å². The second kappa shape index (κ2) is 8.94. The quantitative estimate of drug-likeness (QED) is 0.253. The first-order valence-corrected chi connectivity index (χ1v) is 8.42. The molecule has 0 saturated carbocycles. The van der Waals surface area contributed by atoms with Gasteiger partial charge in [0.1, 0.15) is 5.69 Å². The van der Waals surface area contributed by atoms with Gasteiger partial charge < -0.3 is 5.73 Å². The lowest BCUT2D eigenvalue weighted by Gasteiger charge is -2.27. The molecule has 22 heteroatoms. The fraction of sp³-hybridized carbons (Fsp3) is 0.571. The van der Waals surface area contributed by atoms with Crippen LogP contribution in [0.2, 0.25) is 0 Å². The number of H-pyrrole nitrogens is 2. The molecule has 0 aromatic carbocycles. The molecule has 0 bridgehead atoms. The van der Waals surface area contributed by atoms with Gasteiger partial charge in [-0.25, -0.2) is 0 Å². The van der Waals surface area contributed by atoms with Gasteiger partial charge in [0.2, 0.25) is 5.69 Å². The van der Waals surface area contributed by atoms with Crippen molar-refractivity contribution in [2.75, 3.05) is 5.73 Å². The van der Waals surface area contributed by atoms with Crippen LogP contribution < -0.4 is 5.73 Å². The van der Waals surface area contributed by atoms with Gasteiger partial charge in [0.25, 0.3) is 0 Å². The summed E-state index contributed by atoms with van der Waals surface area (Å²) in [5.41, 5.74) is -2.58. The van der Waals surface area contributed by atoms with Crippen LogP contribution in [0.4, 0.5) is 72.8 Å². The number of halogens is 14. The number of rotatable bonds is 5. The SMILES string of the molecule is Cc1[nH]nc(C(F)(F)C(F)(F)C(F)(F)F)c1N.Cc1[nH]nc(C(F)(F)C(F)(F)C(F)(F)F)c1[N+](=O)[O-]. The van der Waals surface area contributed by atoms with E-state index < -0.39 is 69.4 Å². The summed E-state index contributed by atoms with van der Waals surface area (Å²) in [6.45, 7) is 1.93. The Balaban J connectivity index is 0.000000362. The zero-order valence-electron chi connectivity index (χ0n) is 17.0.